The maximum atomic E-state index is 13.9. The predicted molar refractivity (Wildman–Crippen MR) is 148 cm³/mol. The Labute approximate surface area is 221 Å². The minimum Gasteiger partial charge on any atom is -0.466 e. The second kappa shape index (κ2) is 9.31. The molecule has 0 unspecified atom stereocenters. The zero-order valence-electron chi connectivity index (χ0n) is 22.2. The molecule has 1 aromatic heterocycles. The summed E-state index contributed by atoms with van der Waals surface area (Å²) < 4.78 is 11.3. The Balaban J connectivity index is 1.55. The number of ketones is 1. The summed E-state index contributed by atoms with van der Waals surface area (Å²) in [5.41, 5.74) is 8.50. The van der Waals surface area contributed by atoms with Gasteiger partial charge in [0.15, 0.2) is 11.5 Å². The normalized spacial score (nSPS) is 16.5. The molecule has 2 heterocycles. The van der Waals surface area contributed by atoms with Crippen LogP contribution in [0.25, 0.3) is 22.2 Å². The Kier molecular flexibility index (Phi) is 5.94. The number of nitrogens with one attached hydrogen (secondary N) is 1. The lowest BCUT2D eigenvalue weighted by molar-refractivity contribution is -0.148. The van der Waals surface area contributed by atoms with Crippen LogP contribution in [-0.2, 0) is 9.53 Å². The monoisotopic (exact) mass is 509 g/mol. The number of hydrogen-bond acceptors (Lipinski definition) is 7. The van der Waals surface area contributed by atoms with Crippen molar-refractivity contribution in [3.63, 3.8) is 0 Å². The third kappa shape index (κ3) is 3.85. The molecule has 0 bridgehead atoms. The minimum atomic E-state index is -0.210. The number of aryl methyl sites for hydroxylation is 3. The molecule has 0 saturated carbocycles. The maximum absolute atomic E-state index is 13.9. The second-order valence-electron chi connectivity index (χ2n) is 10.4. The van der Waals surface area contributed by atoms with Gasteiger partial charge in [-0.2, -0.15) is 0 Å². The smallest absolute Gasteiger partial charge is 0.310 e. The molecular weight excluding hydrogens is 478 g/mol. The fourth-order valence-electron chi connectivity index (χ4n) is 6.04. The Morgan fingerprint density at radius 1 is 1.13 bits per heavy atom. The molecule has 6 rings (SSSR count). The zero-order chi connectivity index (χ0) is 26.6. The lowest BCUT2D eigenvalue weighted by Gasteiger charge is -2.34. The number of carbonyl (C=O) groups is 2. The lowest BCUT2D eigenvalue weighted by Crippen LogP contribution is -2.39. The molecule has 38 heavy (non-hydrogen) atoms. The van der Waals surface area contributed by atoms with Crippen molar-refractivity contribution in [1.29, 1.82) is 0 Å². The van der Waals surface area contributed by atoms with E-state index in [0.29, 0.717) is 41.2 Å². The molecule has 3 aromatic carbocycles. The first-order valence-electron chi connectivity index (χ1n) is 13.2. The number of hydrogen-bond donors (Lipinski definition) is 1. The van der Waals surface area contributed by atoms with Gasteiger partial charge in [0.25, 0.3) is 0 Å². The van der Waals surface area contributed by atoms with Crippen LogP contribution in [0.1, 0.15) is 52.4 Å². The van der Waals surface area contributed by atoms with E-state index in [2.05, 4.69) is 48.3 Å². The van der Waals surface area contributed by atoms with Gasteiger partial charge in [0.1, 0.15) is 5.52 Å². The van der Waals surface area contributed by atoms with Crippen LogP contribution in [0.3, 0.4) is 0 Å². The van der Waals surface area contributed by atoms with Crippen LogP contribution in [0.4, 0.5) is 17.1 Å². The highest BCUT2D eigenvalue weighted by Gasteiger charge is 2.35. The summed E-state index contributed by atoms with van der Waals surface area (Å²) in [6.07, 6.45) is 1.65. The Hall–Kier alpha value is -4.13. The fourth-order valence-corrected chi connectivity index (χ4v) is 6.04. The average Bonchev–Trinajstić information content (AvgIpc) is 3.35. The molecule has 1 saturated heterocycles. The van der Waals surface area contributed by atoms with Crippen LogP contribution in [0, 0.1) is 26.7 Å². The highest BCUT2D eigenvalue weighted by atomic mass is 16.5. The average molecular weight is 510 g/mol. The van der Waals surface area contributed by atoms with Gasteiger partial charge in [-0.15, -0.1) is 0 Å². The van der Waals surface area contributed by atoms with E-state index in [0.717, 1.165) is 52.8 Å². The Morgan fingerprint density at radius 2 is 1.87 bits per heavy atom. The Bertz CT molecular complexity index is 1580. The summed E-state index contributed by atoms with van der Waals surface area (Å²) in [6, 6.07) is 13.8. The van der Waals surface area contributed by atoms with Gasteiger partial charge in [0.05, 0.1) is 34.8 Å². The number of fused-ring (bicyclic) bond motifs is 2. The summed E-state index contributed by atoms with van der Waals surface area (Å²) in [4.78, 5) is 28.7. The van der Waals surface area contributed by atoms with Crippen LogP contribution in [0.15, 0.2) is 47.0 Å². The number of carbonyl (C=O) groups excluding carboxylic acids is 2. The van der Waals surface area contributed by atoms with Crippen molar-refractivity contribution in [2.75, 3.05) is 29.9 Å². The number of rotatable bonds is 5. The van der Waals surface area contributed by atoms with Crippen molar-refractivity contribution in [2.45, 2.75) is 40.5 Å². The van der Waals surface area contributed by atoms with E-state index in [-0.39, 0.29) is 17.7 Å². The van der Waals surface area contributed by atoms with Crippen LogP contribution in [0.2, 0.25) is 0 Å². The molecule has 1 aliphatic carbocycles. The van der Waals surface area contributed by atoms with E-state index in [9.17, 15) is 9.59 Å². The van der Waals surface area contributed by atoms with Gasteiger partial charge in [-0.1, -0.05) is 47.1 Å². The first-order chi connectivity index (χ1) is 18.4. The second-order valence-corrected chi connectivity index (χ2v) is 10.4. The molecule has 4 aromatic rings. The number of nitrogens with zero attached hydrogens (tertiary/aromatic N) is 2. The number of anilines is 3. The number of benzene rings is 3. The van der Waals surface area contributed by atoms with Gasteiger partial charge in [-0.25, -0.2) is 0 Å². The fraction of sp³-hybridized carbons (Fsp3) is 0.323. The van der Waals surface area contributed by atoms with E-state index in [1.54, 1.807) is 0 Å². The molecule has 0 radical (unpaired) electrons. The topological polar surface area (TPSA) is 84.7 Å². The summed E-state index contributed by atoms with van der Waals surface area (Å²) in [6.45, 7) is 9.73. The minimum absolute atomic E-state index is 0.0548. The van der Waals surface area contributed by atoms with Crippen molar-refractivity contribution >= 4 is 39.7 Å². The number of aromatic nitrogens is 1. The van der Waals surface area contributed by atoms with Gasteiger partial charge >= 0.3 is 5.97 Å². The van der Waals surface area contributed by atoms with Crippen molar-refractivity contribution in [3.05, 3.63) is 70.3 Å². The maximum Gasteiger partial charge on any atom is 0.310 e. The summed E-state index contributed by atoms with van der Waals surface area (Å²) >= 11 is 0. The standard InChI is InChI=1S/C31H31N3O4/c1-5-37-31(36)20-9-8-12-34(16-20)24-15-23(32-27-18(3)13-17(2)14-19(27)4)25-26-28(24)33-38-30(26)22-11-7-6-10-21(22)29(25)35/h6-7,10-11,13-15,20,32H,5,8-9,12,16H2,1-4H3/t20-/m1/s1. The molecule has 0 spiro atoms. The summed E-state index contributed by atoms with van der Waals surface area (Å²) in [7, 11) is 0. The molecular formula is C31H31N3O4. The van der Waals surface area contributed by atoms with E-state index in [4.69, 9.17) is 9.26 Å². The first-order valence-corrected chi connectivity index (χ1v) is 13.2. The molecule has 1 aliphatic heterocycles. The van der Waals surface area contributed by atoms with Crippen LogP contribution >= 0.6 is 0 Å². The van der Waals surface area contributed by atoms with E-state index < -0.39 is 0 Å². The van der Waals surface area contributed by atoms with Crippen LogP contribution in [0.5, 0.6) is 0 Å². The molecule has 1 atom stereocenters. The molecule has 7 nitrogen and oxygen atoms in total. The van der Waals surface area contributed by atoms with Gasteiger partial charge in [0.2, 0.25) is 0 Å². The number of ether oxygens (including phenoxy) is 1. The number of piperidine rings is 1. The van der Waals surface area contributed by atoms with Gasteiger partial charge < -0.3 is 19.5 Å². The molecule has 194 valence electrons. The largest absolute Gasteiger partial charge is 0.466 e. The molecule has 2 aliphatic rings. The van der Waals surface area contributed by atoms with Crippen LogP contribution < -0.4 is 10.2 Å². The Morgan fingerprint density at radius 3 is 2.61 bits per heavy atom. The van der Waals surface area contributed by atoms with Gasteiger partial charge in [-0.05, 0) is 57.7 Å². The zero-order valence-corrected chi connectivity index (χ0v) is 22.2. The van der Waals surface area contributed by atoms with E-state index in [1.807, 2.05) is 37.3 Å². The predicted octanol–water partition coefficient (Wildman–Crippen LogP) is 6.49. The van der Waals surface area contributed by atoms with E-state index in [1.165, 1.54) is 5.56 Å². The van der Waals surface area contributed by atoms with Crippen molar-refractivity contribution in [1.82, 2.24) is 5.16 Å². The van der Waals surface area contributed by atoms with Crippen molar-refractivity contribution in [3.8, 4) is 11.3 Å². The van der Waals surface area contributed by atoms with Crippen molar-refractivity contribution in [2.24, 2.45) is 5.92 Å². The van der Waals surface area contributed by atoms with Crippen molar-refractivity contribution < 1.29 is 18.8 Å². The van der Waals surface area contributed by atoms with Gasteiger partial charge in [0, 0.05) is 29.9 Å². The SMILES string of the molecule is CCOC(=O)[C@@H]1CCCN(c2cc(Nc3c(C)cc(C)cc3C)c3c4c(onc24)-c2ccccc2C3=O)C1. The molecule has 7 heteroatoms. The highest BCUT2D eigenvalue weighted by molar-refractivity contribution is 6.29. The van der Waals surface area contributed by atoms with Gasteiger partial charge in [-0.3, -0.25) is 9.59 Å². The highest BCUT2D eigenvalue weighted by Crippen LogP contribution is 2.47. The summed E-state index contributed by atoms with van der Waals surface area (Å²) in [5.74, 6) is 0.172. The van der Waals surface area contributed by atoms with E-state index >= 15 is 0 Å². The third-order valence-electron chi connectivity index (χ3n) is 7.70. The molecule has 1 fully saturated rings. The number of esters is 1. The van der Waals surface area contributed by atoms with Crippen LogP contribution in [-0.4, -0.2) is 36.6 Å². The lowest BCUT2D eigenvalue weighted by atomic mass is 9.86. The first kappa shape index (κ1) is 24.2. The third-order valence-corrected chi connectivity index (χ3v) is 7.70. The molecule has 0 amide bonds. The quantitative estimate of drug-likeness (QED) is 0.271. The summed E-state index contributed by atoms with van der Waals surface area (Å²) in [5, 5.41) is 8.82. The molecule has 1 N–H and O–H groups in total.